The van der Waals surface area contributed by atoms with Crippen LogP contribution in [-0.2, 0) is 4.79 Å². The molecule has 0 aromatic heterocycles. The largest absolute Gasteiger partial charge is 0.342 e. The molecule has 82 valence electrons. The van der Waals surface area contributed by atoms with Crippen LogP contribution in [0.5, 0.6) is 0 Å². The molecule has 4 heteroatoms. The predicted octanol–water partition coefficient (Wildman–Crippen LogP) is 2.29. The Balaban J connectivity index is 2.44. The summed E-state index contributed by atoms with van der Waals surface area (Å²) < 4.78 is 25.9. The number of hydrogen-bond donors (Lipinski definition) is 0. The Morgan fingerprint density at radius 1 is 1.57 bits per heavy atom. The van der Waals surface area contributed by atoms with Crippen molar-refractivity contribution in [1.29, 1.82) is 0 Å². The molecule has 0 aromatic rings. The van der Waals surface area contributed by atoms with Gasteiger partial charge >= 0.3 is 0 Å². The second-order valence-electron chi connectivity index (χ2n) is 3.96. The fraction of sp³-hybridized carbons (Fsp3) is 0.900. The van der Waals surface area contributed by atoms with Crippen molar-refractivity contribution in [3.8, 4) is 0 Å². The minimum absolute atomic E-state index is 0.0183. The molecule has 1 aliphatic carbocycles. The summed E-state index contributed by atoms with van der Waals surface area (Å²) in [5.41, 5.74) is 0. The van der Waals surface area contributed by atoms with Gasteiger partial charge in [-0.25, -0.2) is 8.78 Å². The summed E-state index contributed by atoms with van der Waals surface area (Å²) in [6, 6.07) is 0. The maximum absolute atomic E-state index is 12.9. The van der Waals surface area contributed by atoms with E-state index in [0.29, 0.717) is 13.0 Å². The molecule has 0 saturated heterocycles. The number of rotatable bonds is 4. The van der Waals surface area contributed by atoms with Gasteiger partial charge in [0.1, 0.15) is 0 Å². The van der Waals surface area contributed by atoms with Crippen LogP contribution in [0, 0.1) is 5.92 Å². The van der Waals surface area contributed by atoms with Gasteiger partial charge in [-0.2, -0.15) is 0 Å². The third-order valence-electron chi connectivity index (χ3n) is 2.80. The Kier molecular flexibility index (Phi) is 3.45. The van der Waals surface area contributed by atoms with E-state index < -0.39 is 11.8 Å². The zero-order valence-corrected chi connectivity index (χ0v) is 8.72. The number of nitrogens with zero attached hydrogens (tertiary/aromatic N) is 1. The van der Waals surface area contributed by atoms with Crippen LogP contribution < -0.4 is 0 Å². The molecule has 1 fully saturated rings. The van der Waals surface area contributed by atoms with Gasteiger partial charge in [-0.05, 0) is 12.8 Å². The SMILES string of the molecule is CCCN(CC1CCC1(F)F)C(C)=O. The first kappa shape index (κ1) is 11.4. The summed E-state index contributed by atoms with van der Waals surface area (Å²) in [4.78, 5) is 12.6. The lowest BCUT2D eigenvalue weighted by Crippen LogP contribution is -2.47. The second kappa shape index (κ2) is 4.24. The third kappa shape index (κ3) is 2.42. The van der Waals surface area contributed by atoms with E-state index in [1.807, 2.05) is 6.92 Å². The first-order chi connectivity index (χ1) is 6.47. The normalized spacial score (nSPS) is 24.1. The number of hydrogen-bond acceptors (Lipinski definition) is 1. The Morgan fingerprint density at radius 3 is 2.50 bits per heavy atom. The summed E-state index contributed by atoms with van der Waals surface area (Å²) in [5.74, 6) is -3.26. The lowest BCUT2D eigenvalue weighted by atomic mass is 9.80. The van der Waals surface area contributed by atoms with Crippen LogP contribution in [0.1, 0.15) is 33.1 Å². The van der Waals surface area contributed by atoms with Crippen molar-refractivity contribution < 1.29 is 13.6 Å². The van der Waals surface area contributed by atoms with E-state index in [1.54, 1.807) is 0 Å². The first-order valence-electron chi connectivity index (χ1n) is 5.10. The number of carbonyl (C=O) groups is 1. The Hall–Kier alpha value is -0.670. The van der Waals surface area contributed by atoms with Crippen LogP contribution in [0.2, 0.25) is 0 Å². The van der Waals surface area contributed by atoms with Crippen molar-refractivity contribution in [3.63, 3.8) is 0 Å². The lowest BCUT2D eigenvalue weighted by molar-refractivity contribution is -0.149. The summed E-state index contributed by atoms with van der Waals surface area (Å²) in [5, 5.41) is 0. The molecule has 1 amide bonds. The molecule has 1 aliphatic rings. The van der Waals surface area contributed by atoms with Gasteiger partial charge in [0, 0.05) is 32.4 Å². The van der Waals surface area contributed by atoms with Crippen LogP contribution in [-0.4, -0.2) is 29.8 Å². The average Bonchev–Trinajstić information content (AvgIpc) is 2.09. The molecule has 0 aromatic carbocycles. The Morgan fingerprint density at radius 2 is 2.21 bits per heavy atom. The number of carbonyl (C=O) groups excluding carboxylic acids is 1. The molecule has 14 heavy (non-hydrogen) atoms. The van der Waals surface area contributed by atoms with Gasteiger partial charge in [0.15, 0.2) is 0 Å². The Labute approximate surface area is 83.3 Å². The molecule has 0 heterocycles. The highest BCUT2D eigenvalue weighted by Crippen LogP contribution is 2.43. The van der Waals surface area contributed by atoms with Crippen LogP contribution >= 0.6 is 0 Å². The lowest BCUT2D eigenvalue weighted by Gasteiger charge is -2.39. The first-order valence-corrected chi connectivity index (χ1v) is 5.10. The molecule has 0 radical (unpaired) electrons. The van der Waals surface area contributed by atoms with Gasteiger partial charge in [-0.15, -0.1) is 0 Å². The number of halogens is 2. The molecule has 0 N–H and O–H groups in total. The van der Waals surface area contributed by atoms with Crippen LogP contribution in [0.15, 0.2) is 0 Å². The second-order valence-corrected chi connectivity index (χ2v) is 3.96. The van der Waals surface area contributed by atoms with Crippen molar-refractivity contribution in [3.05, 3.63) is 0 Å². The molecular weight excluding hydrogens is 188 g/mol. The van der Waals surface area contributed by atoms with E-state index in [0.717, 1.165) is 6.42 Å². The van der Waals surface area contributed by atoms with E-state index in [9.17, 15) is 13.6 Å². The van der Waals surface area contributed by atoms with Gasteiger partial charge in [-0.3, -0.25) is 4.79 Å². The molecule has 1 unspecified atom stereocenters. The van der Waals surface area contributed by atoms with Crippen molar-refractivity contribution >= 4 is 5.91 Å². The molecule has 0 aliphatic heterocycles. The molecule has 2 nitrogen and oxygen atoms in total. The van der Waals surface area contributed by atoms with E-state index in [1.165, 1.54) is 11.8 Å². The van der Waals surface area contributed by atoms with Crippen molar-refractivity contribution in [1.82, 2.24) is 4.90 Å². The van der Waals surface area contributed by atoms with Crippen LogP contribution in [0.3, 0.4) is 0 Å². The number of alkyl halides is 2. The summed E-state index contributed by atoms with van der Waals surface area (Å²) >= 11 is 0. The van der Waals surface area contributed by atoms with Crippen molar-refractivity contribution in [2.75, 3.05) is 13.1 Å². The van der Waals surface area contributed by atoms with Crippen LogP contribution in [0.4, 0.5) is 8.78 Å². The molecule has 1 rings (SSSR count). The zero-order chi connectivity index (χ0) is 10.8. The number of amides is 1. The predicted molar refractivity (Wildman–Crippen MR) is 50.2 cm³/mol. The topological polar surface area (TPSA) is 20.3 Å². The molecule has 1 saturated carbocycles. The highest BCUT2D eigenvalue weighted by Gasteiger charge is 2.48. The summed E-state index contributed by atoms with van der Waals surface area (Å²) in [6.07, 6.45) is 1.34. The standard InChI is InChI=1S/C10H17F2NO/c1-3-6-13(8(2)14)7-9-4-5-10(9,11)12/h9H,3-7H2,1-2H3. The minimum Gasteiger partial charge on any atom is -0.342 e. The third-order valence-corrected chi connectivity index (χ3v) is 2.80. The van der Waals surface area contributed by atoms with Crippen LogP contribution in [0.25, 0.3) is 0 Å². The van der Waals surface area contributed by atoms with Crippen molar-refractivity contribution in [2.24, 2.45) is 5.92 Å². The minimum atomic E-state index is -2.54. The maximum Gasteiger partial charge on any atom is 0.252 e. The molecule has 1 atom stereocenters. The monoisotopic (exact) mass is 205 g/mol. The van der Waals surface area contributed by atoms with Gasteiger partial charge in [-0.1, -0.05) is 6.92 Å². The van der Waals surface area contributed by atoms with Gasteiger partial charge in [0.2, 0.25) is 5.91 Å². The Bertz CT molecular complexity index is 218. The van der Waals surface area contributed by atoms with Crippen molar-refractivity contribution in [2.45, 2.75) is 39.0 Å². The quantitative estimate of drug-likeness (QED) is 0.689. The highest BCUT2D eigenvalue weighted by molar-refractivity contribution is 5.73. The van der Waals surface area contributed by atoms with Gasteiger partial charge in [0.25, 0.3) is 5.92 Å². The maximum atomic E-state index is 12.9. The fourth-order valence-corrected chi connectivity index (χ4v) is 1.70. The van der Waals surface area contributed by atoms with E-state index in [4.69, 9.17) is 0 Å². The summed E-state index contributed by atoms with van der Waals surface area (Å²) in [7, 11) is 0. The molecule has 0 bridgehead atoms. The van der Waals surface area contributed by atoms with E-state index in [-0.39, 0.29) is 18.9 Å². The summed E-state index contributed by atoms with van der Waals surface area (Å²) in [6.45, 7) is 4.18. The molecular formula is C10H17F2NO. The van der Waals surface area contributed by atoms with Gasteiger partial charge < -0.3 is 4.90 Å². The smallest absolute Gasteiger partial charge is 0.252 e. The fourth-order valence-electron chi connectivity index (χ4n) is 1.70. The van der Waals surface area contributed by atoms with Gasteiger partial charge in [0.05, 0.1) is 0 Å². The zero-order valence-electron chi connectivity index (χ0n) is 8.72. The molecule has 0 spiro atoms. The van der Waals surface area contributed by atoms with E-state index in [2.05, 4.69) is 0 Å². The van der Waals surface area contributed by atoms with E-state index >= 15 is 0 Å². The highest BCUT2D eigenvalue weighted by atomic mass is 19.3. The average molecular weight is 205 g/mol.